The number of aliphatic hydroxyl groups excluding tert-OH is 1. The zero-order valence-corrected chi connectivity index (χ0v) is 8.19. The fourth-order valence-corrected chi connectivity index (χ4v) is 1.47. The summed E-state index contributed by atoms with van der Waals surface area (Å²) >= 11 is 0. The van der Waals surface area contributed by atoms with Crippen molar-refractivity contribution < 1.29 is 19.4 Å². The third kappa shape index (κ3) is 3.02. The van der Waals surface area contributed by atoms with E-state index in [0.29, 0.717) is 6.42 Å². The van der Waals surface area contributed by atoms with Gasteiger partial charge in [-0.05, 0) is 18.9 Å². The lowest BCUT2D eigenvalue weighted by molar-refractivity contribution is -0.139. The van der Waals surface area contributed by atoms with E-state index in [1.54, 1.807) is 6.07 Å². The average Bonchev–Trinajstić information content (AvgIpc) is 2.20. The SMILES string of the molecule is O=C(O)C(CCCO)c1ccccc1F. The van der Waals surface area contributed by atoms with Gasteiger partial charge in [-0.2, -0.15) is 0 Å². The van der Waals surface area contributed by atoms with Crippen molar-refractivity contribution in [1.82, 2.24) is 0 Å². The summed E-state index contributed by atoms with van der Waals surface area (Å²) in [6.07, 6.45) is 0.595. The van der Waals surface area contributed by atoms with Gasteiger partial charge in [0.15, 0.2) is 0 Å². The minimum absolute atomic E-state index is 0.0851. The standard InChI is InChI=1S/C11H13FO3/c12-10-6-2-1-4-8(10)9(11(14)15)5-3-7-13/h1-2,4,6,9,13H,3,5,7H2,(H,14,15). The molecule has 0 aliphatic rings. The van der Waals surface area contributed by atoms with Crippen LogP contribution in [0.5, 0.6) is 0 Å². The van der Waals surface area contributed by atoms with Crippen molar-refractivity contribution in [2.75, 3.05) is 6.61 Å². The van der Waals surface area contributed by atoms with Crippen molar-refractivity contribution in [1.29, 1.82) is 0 Å². The molecule has 2 N–H and O–H groups in total. The Bertz CT molecular complexity index is 338. The summed E-state index contributed by atoms with van der Waals surface area (Å²) in [6.45, 7) is -0.0851. The van der Waals surface area contributed by atoms with Crippen LogP contribution >= 0.6 is 0 Å². The fourth-order valence-electron chi connectivity index (χ4n) is 1.47. The van der Waals surface area contributed by atoms with Crippen LogP contribution < -0.4 is 0 Å². The maximum absolute atomic E-state index is 13.3. The Hall–Kier alpha value is -1.42. The van der Waals surface area contributed by atoms with Gasteiger partial charge in [-0.3, -0.25) is 4.79 Å². The van der Waals surface area contributed by atoms with E-state index in [4.69, 9.17) is 10.2 Å². The van der Waals surface area contributed by atoms with Gasteiger partial charge in [0.05, 0.1) is 5.92 Å². The number of carbonyl (C=O) groups is 1. The van der Waals surface area contributed by atoms with Crippen LogP contribution in [0.15, 0.2) is 24.3 Å². The predicted molar refractivity (Wildman–Crippen MR) is 53.1 cm³/mol. The smallest absolute Gasteiger partial charge is 0.311 e. The summed E-state index contributed by atoms with van der Waals surface area (Å²) in [5.74, 6) is -2.45. The van der Waals surface area contributed by atoms with Crippen LogP contribution in [0.3, 0.4) is 0 Å². The van der Waals surface area contributed by atoms with Gasteiger partial charge in [0, 0.05) is 12.2 Å². The Morgan fingerprint density at radius 1 is 1.40 bits per heavy atom. The molecule has 1 unspecified atom stereocenters. The molecular formula is C11H13FO3. The summed E-state index contributed by atoms with van der Waals surface area (Å²) in [7, 11) is 0. The number of aliphatic carboxylic acids is 1. The molecule has 4 heteroatoms. The maximum Gasteiger partial charge on any atom is 0.311 e. The first-order chi connectivity index (χ1) is 7.16. The molecule has 1 aromatic rings. The molecule has 0 aromatic heterocycles. The highest BCUT2D eigenvalue weighted by Crippen LogP contribution is 2.23. The van der Waals surface area contributed by atoms with Crippen LogP contribution in [0.25, 0.3) is 0 Å². The summed E-state index contributed by atoms with van der Waals surface area (Å²) in [5.41, 5.74) is 0.179. The Morgan fingerprint density at radius 2 is 2.07 bits per heavy atom. The van der Waals surface area contributed by atoms with E-state index in [9.17, 15) is 9.18 Å². The number of carboxylic acids is 1. The van der Waals surface area contributed by atoms with Crippen molar-refractivity contribution >= 4 is 5.97 Å². The second-order valence-corrected chi connectivity index (χ2v) is 3.28. The molecule has 0 spiro atoms. The van der Waals surface area contributed by atoms with Crippen LogP contribution in [-0.4, -0.2) is 22.8 Å². The summed E-state index contributed by atoms with van der Waals surface area (Å²) in [6, 6.07) is 5.83. The van der Waals surface area contributed by atoms with Gasteiger partial charge in [0.1, 0.15) is 5.82 Å². The lowest BCUT2D eigenvalue weighted by Gasteiger charge is -2.12. The Labute approximate surface area is 87.2 Å². The van der Waals surface area contributed by atoms with E-state index in [-0.39, 0.29) is 18.6 Å². The molecule has 1 aromatic carbocycles. The molecule has 1 atom stereocenters. The summed E-state index contributed by atoms with van der Waals surface area (Å²) < 4.78 is 13.3. The number of rotatable bonds is 5. The van der Waals surface area contributed by atoms with Gasteiger partial charge < -0.3 is 10.2 Å². The van der Waals surface area contributed by atoms with Gasteiger partial charge in [-0.25, -0.2) is 4.39 Å². The van der Waals surface area contributed by atoms with Crippen molar-refractivity contribution in [2.45, 2.75) is 18.8 Å². The van der Waals surface area contributed by atoms with E-state index in [2.05, 4.69) is 0 Å². The monoisotopic (exact) mass is 212 g/mol. The maximum atomic E-state index is 13.3. The van der Waals surface area contributed by atoms with Crippen LogP contribution in [0.4, 0.5) is 4.39 Å². The van der Waals surface area contributed by atoms with Crippen molar-refractivity contribution in [2.24, 2.45) is 0 Å². The van der Waals surface area contributed by atoms with E-state index < -0.39 is 17.7 Å². The summed E-state index contributed by atoms with van der Waals surface area (Å²) in [4.78, 5) is 10.9. The normalized spacial score (nSPS) is 12.4. The number of aliphatic hydroxyl groups is 1. The van der Waals surface area contributed by atoms with E-state index in [1.165, 1.54) is 18.2 Å². The van der Waals surface area contributed by atoms with Gasteiger partial charge >= 0.3 is 5.97 Å². The van der Waals surface area contributed by atoms with Gasteiger partial charge in [-0.1, -0.05) is 18.2 Å². The van der Waals surface area contributed by atoms with Gasteiger partial charge in [0.25, 0.3) is 0 Å². The molecule has 1 rings (SSSR count). The highest BCUT2D eigenvalue weighted by Gasteiger charge is 2.21. The zero-order chi connectivity index (χ0) is 11.3. The highest BCUT2D eigenvalue weighted by atomic mass is 19.1. The largest absolute Gasteiger partial charge is 0.481 e. The zero-order valence-electron chi connectivity index (χ0n) is 8.19. The number of hydrogen-bond donors (Lipinski definition) is 2. The van der Waals surface area contributed by atoms with E-state index >= 15 is 0 Å². The summed E-state index contributed by atoms with van der Waals surface area (Å²) in [5, 5.41) is 17.6. The Morgan fingerprint density at radius 3 is 2.60 bits per heavy atom. The minimum Gasteiger partial charge on any atom is -0.481 e. The topological polar surface area (TPSA) is 57.5 Å². The Balaban J connectivity index is 2.89. The molecule has 0 aliphatic heterocycles. The molecule has 15 heavy (non-hydrogen) atoms. The average molecular weight is 212 g/mol. The first-order valence-electron chi connectivity index (χ1n) is 4.75. The molecular weight excluding hydrogens is 199 g/mol. The molecule has 82 valence electrons. The van der Waals surface area contributed by atoms with Crippen LogP contribution in [0.1, 0.15) is 24.3 Å². The van der Waals surface area contributed by atoms with E-state index in [0.717, 1.165) is 0 Å². The number of carboxylic acid groups (broad SMARTS) is 1. The molecule has 0 fully saturated rings. The lowest BCUT2D eigenvalue weighted by atomic mass is 9.94. The van der Waals surface area contributed by atoms with Gasteiger partial charge in [0.2, 0.25) is 0 Å². The third-order valence-corrected chi connectivity index (χ3v) is 2.23. The van der Waals surface area contributed by atoms with E-state index in [1.807, 2.05) is 0 Å². The second-order valence-electron chi connectivity index (χ2n) is 3.28. The fraction of sp³-hybridized carbons (Fsp3) is 0.364. The number of halogens is 1. The second kappa shape index (κ2) is 5.46. The molecule has 0 aliphatic carbocycles. The molecule has 0 heterocycles. The van der Waals surface area contributed by atoms with Crippen LogP contribution in [-0.2, 0) is 4.79 Å². The molecule has 0 radical (unpaired) electrons. The van der Waals surface area contributed by atoms with Crippen molar-refractivity contribution in [3.05, 3.63) is 35.6 Å². The van der Waals surface area contributed by atoms with Crippen LogP contribution in [0.2, 0.25) is 0 Å². The number of hydrogen-bond acceptors (Lipinski definition) is 2. The van der Waals surface area contributed by atoms with Crippen molar-refractivity contribution in [3.8, 4) is 0 Å². The van der Waals surface area contributed by atoms with Crippen molar-refractivity contribution in [3.63, 3.8) is 0 Å². The molecule has 0 saturated carbocycles. The predicted octanol–water partition coefficient (Wildman–Crippen LogP) is 1.77. The minimum atomic E-state index is -1.06. The third-order valence-electron chi connectivity index (χ3n) is 2.23. The molecule has 0 bridgehead atoms. The first kappa shape index (κ1) is 11.7. The van der Waals surface area contributed by atoms with Crippen LogP contribution in [0, 0.1) is 5.82 Å². The molecule has 0 amide bonds. The number of benzene rings is 1. The molecule has 0 saturated heterocycles. The van der Waals surface area contributed by atoms with Gasteiger partial charge in [-0.15, -0.1) is 0 Å². The first-order valence-corrected chi connectivity index (χ1v) is 4.75. The lowest BCUT2D eigenvalue weighted by Crippen LogP contribution is -2.13. The quantitative estimate of drug-likeness (QED) is 0.782. The Kier molecular flexibility index (Phi) is 4.24. The highest BCUT2D eigenvalue weighted by molar-refractivity contribution is 5.76. The molecule has 3 nitrogen and oxygen atoms in total.